The Hall–Kier alpha value is -5.03. The molecule has 11 heteroatoms. The third-order valence-electron chi connectivity index (χ3n) is 6.71. The summed E-state index contributed by atoms with van der Waals surface area (Å²) >= 11 is 1.23. The Bertz CT molecular complexity index is 1860. The van der Waals surface area contributed by atoms with Crippen molar-refractivity contribution >= 4 is 29.1 Å². The molecule has 1 aliphatic rings. The Morgan fingerprint density at radius 3 is 2.43 bits per heavy atom. The summed E-state index contributed by atoms with van der Waals surface area (Å²) in [7, 11) is 1.57. The van der Waals surface area contributed by atoms with Gasteiger partial charge in [0.2, 0.25) is 0 Å². The fraction of sp³-hybridized carbons (Fsp3) is 0.194. The van der Waals surface area contributed by atoms with Gasteiger partial charge in [0.15, 0.2) is 4.80 Å². The van der Waals surface area contributed by atoms with Crippen LogP contribution in [0.25, 0.3) is 6.08 Å². The third kappa shape index (κ3) is 5.72. The lowest BCUT2D eigenvalue weighted by Crippen LogP contribution is -2.39. The number of nitro groups is 1. The minimum atomic E-state index is -0.717. The Morgan fingerprint density at radius 1 is 1.07 bits per heavy atom. The van der Waals surface area contributed by atoms with E-state index in [1.165, 1.54) is 22.0 Å². The Labute approximate surface area is 244 Å². The topological polar surface area (TPSA) is 122 Å². The number of carbonyl (C=O) groups excluding carboxylic acids is 1. The van der Waals surface area contributed by atoms with Crippen molar-refractivity contribution in [2.24, 2.45) is 4.99 Å². The normalized spacial score (nSPS) is 14.6. The van der Waals surface area contributed by atoms with E-state index in [9.17, 15) is 19.7 Å². The lowest BCUT2D eigenvalue weighted by molar-refractivity contribution is -0.385. The van der Waals surface area contributed by atoms with E-state index in [4.69, 9.17) is 14.2 Å². The molecule has 3 aromatic carbocycles. The van der Waals surface area contributed by atoms with Gasteiger partial charge in [-0.05, 0) is 61.4 Å². The fourth-order valence-corrected chi connectivity index (χ4v) is 5.72. The monoisotopic (exact) mass is 585 g/mol. The quantitative estimate of drug-likeness (QED) is 0.163. The number of thiazole rings is 1. The first kappa shape index (κ1) is 28.5. The molecule has 0 aliphatic carbocycles. The number of nitrogens with zero attached hydrogens (tertiary/aromatic N) is 3. The standard InChI is InChI=1S/C31H27N3O7S/c1-4-40-30(36)27-19(2)32-31-33(28(27)21-11-15-23(39-3)16-12-21)29(35)26(42-31)17-20-9-13-24(14-10-20)41-18-22-7-5-6-8-25(22)34(37)38/h5-17,28H,4,18H2,1-3H3/t28-/m1/s1. The molecule has 4 aromatic rings. The molecule has 0 saturated heterocycles. The van der Waals surface area contributed by atoms with Crippen molar-refractivity contribution in [1.29, 1.82) is 0 Å². The Kier molecular flexibility index (Phi) is 8.30. The summed E-state index contributed by atoms with van der Waals surface area (Å²) in [5.74, 6) is 0.658. The number of fused-ring (bicyclic) bond motifs is 1. The highest BCUT2D eigenvalue weighted by molar-refractivity contribution is 7.07. The number of nitro benzene ring substituents is 1. The largest absolute Gasteiger partial charge is 0.497 e. The van der Waals surface area contributed by atoms with Crippen LogP contribution >= 0.6 is 11.3 Å². The highest BCUT2D eigenvalue weighted by Crippen LogP contribution is 2.31. The van der Waals surface area contributed by atoms with Crippen LogP contribution in [0.5, 0.6) is 11.5 Å². The molecule has 42 heavy (non-hydrogen) atoms. The molecule has 10 nitrogen and oxygen atoms in total. The maximum Gasteiger partial charge on any atom is 0.338 e. The van der Waals surface area contributed by atoms with Crippen LogP contribution in [-0.4, -0.2) is 29.2 Å². The number of para-hydroxylation sites is 1. The van der Waals surface area contributed by atoms with Crippen LogP contribution in [-0.2, 0) is 16.1 Å². The smallest absolute Gasteiger partial charge is 0.338 e. The molecule has 214 valence electrons. The van der Waals surface area contributed by atoms with Gasteiger partial charge in [-0.1, -0.05) is 47.7 Å². The van der Waals surface area contributed by atoms with E-state index in [1.54, 1.807) is 81.6 Å². The van der Waals surface area contributed by atoms with Gasteiger partial charge in [0.25, 0.3) is 11.2 Å². The molecule has 0 spiro atoms. The molecule has 0 amide bonds. The van der Waals surface area contributed by atoms with Gasteiger partial charge in [0, 0.05) is 6.07 Å². The van der Waals surface area contributed by atoms with E-state index in [0.29, 0.717) is 37.7 Å². The van der Waals surface area contributed by atoms with Crippen molar-refractivity contribution in [3.05, 3.63) is 131 Å². The number of aromatic nitrogens is 1. The molecule has 0 bridgehead atoms. The van der Waals surface area contributed by atoms with Crippen molar-refractivity contribution in [3.63, 3.8) is 0 Å². The third-order valence-corrected chi connectivity index (χ3v) is 7.69. The highest BCUT2D eigenvalue weighted by Gasteiger charge is 2.33. The van der Waals surface area contributed by atoms with Crippen molar-refractivity contribution in [1.82, 2.24) is 4.57 Å². The number of hydrogen-bond donors (Lipinski definition) is 0. The van der Waals surface area contributed by atoms with Crippen molar-refractivity contribution in [2.75, 3.05) is 13.7 Å². The second-order valence-corrected chi connectivity index (χ2v) is 10.3. The number of benzene rings is 3. The number of methoxy groups -OCH3 is 1. The average Bonchev–Trinajstić information content (AvgIpc) is 3.30. The molecular weight excluding hydrogens is 558 g/mol. The van der Waals surface area contributed by atoms with E-state index >= 15 is 0 Å². The first-order valence-electron chi connectivity index (χ1n) is 13.1. The van der Waals surface area contributed by atoms with E-state index in [-0.39, 0.29) is 24.5 Å². The van der Waals surface area contributed by atoms with Crippen LogP contribution in [0.1, 0.15) is 36.6 Å². The second kappa shape index (κ2) is 12.2. The molecule has 1 aliphatic heterocycles. The van der Waals surface area contributed by atoms with Gasteiger partial charge in [-0.3, -0.25) is 19.5 Å². The van der Waals surface area contributed by atoms with Gasteiger partial charge in [0.05, 0.1) is 46.0 Å². The molecule has 1 aromatic heterocycles. The number of esters is 1. The van der Waals surface area contributed by atoms with E-state index in [0.717, 1.165) is 11.1 Å². The Morgan fingerprint density at radius 2 is 1.76 bits per heavy atom. The van der Waals surface area contributed by atoms with Crippen LogP contribution in [0.15, 0.2) is 93.9 Å². The molecule has 0 fully saturated rings. The molecule has 0 saturated carbocycles. The van der Waals surface area contributed by atoms with Crippen LogP contribution in [0.4, 0.5) is 5.69 Å². The average molecular weight is 586 g/mol. The van der Waals surface area contributed by atoms with Crippen LogP contribution in [0, 0.1) is 10.1 Å². The zero-order chi connectivity index (χ0) is 29.8. The number of hydrogen-bond acceptors (Lipinski definition) is 9. The number of rotatable bonds is 9. The molecule has 5 rings (SSSR count). The van der Waals surface area contributed by atoms with E-state index < -0.39 is 16.9 Å². The molecule has 0 unspecified atom stereocenters. The lowest BCUT2D eigenvalue weighted by Gasteiger charge is -2.24. The Balaban J connectivity index is 1.48. The molecule has 0 radical (unpaired) electrons. The zero-order valence-electron chi connectivity index (χ0n) is 23.1. The number of ether oxygens (including phenoxy) is 3. The van der Waals surface area contributed by atoms with Gasteiger partial charge >= 0.3 is 5.97 Å². The van der Waals surface area contributed by atoms with Crippen LogP contribution in [0.2, 0.25) is 0 Å². The van der Waals surface area contributed by atoms with Crippen molar-refractivity contribution < 1.29 is 23.9 Å². The molecular formula is C31H27N3O7S. The predicted molar refractivity (Wildman–Crippen MR) is 157 cm³/mol. The minimum Gasteiger partial charge on any atom is -0.497 e. The predicted octanol–water partition coefficient (Wildman–Crippen LogP) is 4.29. The minimum absolute atomic E-state index is 0.00112. The summed E-state index contributed by atoms with van der Waals surface area (Å²) in [6.07, 6.45) is 1.75. The zero-order valence-corrected chi connectivity index (χ0v) is 23.9. The van der Waals surface area contributed by atoms with Gasteiger partial charge in [-0.25, -0.2) is 9.79 Å². The van der Waals surface area contributed by atoms with Gasteiger partial charge in [-0.15, -0.1) is 0 Å². The number of carbonyl (C=O) groups is 1. The SMILES string of the molecule is CCOC(=O)C1=C(C)N=c2sc(=Cc3ccc(OCc4ccccc4[N+](=O)[O-])cc3)c(=O)n2[C@@H]1c1ccc(OC)cc1. The summed E-state index contributed by atoms with van der Waals surface area (Å²) in [5.41, 5.74) is 2.45. The van der Waals surface area contributed by atoms with Crippen molar-refractivity contribution in [2.45, 2.75) is 26.5 Å². The van der Waals surface area contributed by atoms with Gasteiger partial charge in [0.1, 0.15) is 18.1 Å². The van der Waals surface area contributed by atoms with E-state index in [1.807, 2.05) is 12.1 Å². The molecule has 0 N–H and O–H groups in total. The van der Waals surface area contributed by atoms with E-state index in [2.05, 4.69) is 4.99 Å². The second-order valence-electron chi connectivity index (χ2n) is 9.32. The summed E-state index contributed by atoms with van der Waals surface area (Å²) in [6.45, 7) is 3.70. The summed E-state index contributed by atoms with van der Waals surface area (Å²) < 4.78 is 18.4. The number of allylic oxidation sites excluding steroid dienone is 1. The lowest BCUT2D eigenvalue weighted by atomic mass is 9.96. The van der Waals surface area contributed by atoms with Crippen LogP contribution < -0.4 is 24.4 Å². The highest BCUT2D eigenvalue weighted by atomic mass is 32.1. The maximum atomic E-state index is 13.8. The first-order valence-corrected chi connectivity index (χ1v) is 13.9. The van der Waals surface area contributed by atoms with Crippen molar-refractivity contribution in [3.8, 4) is 11.5 Å². The summed E-state index contributed by atoms with van der Waals surface area (Å²) in [4.78, 5) is 42.7. The van der Waals surface area contributed by atoms with Crippen LogP contribution in [0.3, 0.4) is 0 Å². The summed E-state index contributed by atoms with van der Waals surface area (Å²) in [6, 6.07) is 20.0. The van der Waals surface area contributed by atoms with Gasteiger partial charge < -0.3 is 14.2 Å². The maximum absolute atomic E-state index is 13.8. The first-order chi connectivity index (χ1) is 20.3. The fourth-order valence-electron chi connectivity index (χ4n) is 4.68. The molecule has 2 heterocycles. The van der Waals surface area contributed by atoms with Gasteiger partial charge in [-0.2, -0.15) is 0 Å². The molecule has 1 atom stereocenters. The summed E-state index contributed by atoms with van der Waals surface area (Å²) in [5, 5.41) is 11.3.